The Morgan fingerprint density at radius 2 is 2.07 bits per heavy atom. The molecule has 1 aliphatic heterocycles. The monoisotopic (exact) mass is 396 g/mol. The summed E-state index contributed by atoms with van der Waals surface area (Å²) in [5.74, 6) is -0.445. The summed E-state index contributed by atoms with van der Waals surface area (Å²) in [7, 11) is 0. The zero-order chi connectivity index (χ0) is 20.1. The van der Waals surface area contributed by atoms with Gasteiger partial charge in [-0.3, -0.25) is 14.4 Å². The summed E-state index contributed by atoms with van der Waals surface area (Å²) in [4.78, 5) is 14.7. The second kappa shape index (κ2) is 8.74. The lowest BCUT2D eigenvalue weighted by Crippen LogP contribution is -2.43. The van der Waals surface area contributed by atoms with Gasteiger partial charge in [0.1, 0.15) is 6.54 Å². The van der Waals surface area contributed by atoms with Crippen molar-refractivity contribution in [3.8, 4) is 0 Å². The van der Waals surface area contributed by atoms with Crippen LogP contribution in [0.4, 0.5) is 13.2 Å². The molecule has 0 aliphatic carbocycles. The topological polar surface area (TPSA) is 59.4 Å². The van der Waals surface area contributed by atoms with Gasteiger partial charge in [0, 0.05) is 25.8 Å². The lowest BCUT2D eigenvalue weighted by atomic mass is 10.0. The summed E-state index contributed by atoms with van der Waals surface area (Å²) in [5.41, 5.74) is 2.31. The predicted octanol–water partition coefficient (Wildman–Crippen LogP) is 2.56. The standard InChI is InChI=1S/C19H23F3N4O2/c1-14-3-2-4-15(9-14)17(25-5-7-28-8-6-25)11-23-18(27)16-10-24-26(12-16)13-19(20,21)22/h2-4,9-10,12,17H,5-8,11,13H2,1H3,(H,23,27)/t17-/m0/s1. The van der Waals surface area contributed by atoms with Gasteiger partial charge >= 0.3 is 6.18 Å². The van der Waals surface area contributed by atoms with Crippen LogP contribution >= 0.6 is 0 Å². The second-order valence-electron chi connectivity index (χ2n) is 6.83. The van der Waals surface area contributed by atoms with Crippen LogP contribution in [0.2, 0.25) is 0 Å². The number of ether oxygens (including phenoxy) is 1. The fraction of sp³-hybridized carbons (Fsp3) is 0.474. The Labute approximate surface area is 161 Å². The summed E-state index contributed by atoms with van der Waals surface area (Å²) in [6.07, 6.45) is -2.12. The third-order valence-electron chi connectivity index (χ3n) is 4.61. The van der Waals surface area contributed by atoms with Crippen molar-refractivity contribution in [1.29, 1.82) is 0 Å². The molecule has 0 saturated carbocycles. The Kier molecular flexibility index (Phi) is 6.35. The molecule has 0 bridgehead atoms. The van der Waals surface area contributed by atoms with E-state index in [4.69, 9.17) is 4.74 Å². The molecule has 1 N–H and O–H groups in total. The van der Waals surface area contributed by atoms with Gasteiger partial charge in [-0.25, -0.2) is 0 Å². The number of benzene rings is 1. The fourth-order valence-corrected chi connectivity index (χ4v) is 3.27. The summed E-state index contributed by atoms with van der Waals surface area (Å²) >= 11 is 0. The van der Waals surface area contributed by atoms with Crippen molar-refractivity contribution in [2.24, 2.45) is 0 Å². The highest BCUT2D eigenvalue weighted by atomic mass is 19.4. The average molecular weight is 396 g/mol. The minimum atomic E-state index is -4.38. The number of amides is 1. The molecular weight excluding hydrogens is 373 g/mol. The average Bonchev–Trinajstić information content (AvgIpc) is 3.09. The van der Waals surface area contributed by atoms with E-state index in [1.165, 1.54) is 0 Å². The van der Waals surface area contributed by atoms with Crippen molar-refractivity contribution < 1.29 is 22.7 Å². The number of hydrogen-bond acceptors (Lipinski definition) is 4. The molecule has 1 aromatic heterocycles. The van der Waals surface area contributed by atoms with Crippen molar-refractivity contribution in [2.45, 2.75) is 25.7 Å². The molecule has 1 saturated heterocycles. The van der Waals surface area contributed by atoms with Gasteiger partial charge in [0.15, 0.2) is 0 Å². The predicted molar refractivity (Wildman–Crippen MR) is 96.9 cm³/mol. The highest BCUT2D eigenvalue weighted by molar-refractivity contribution is 5.93. The van der Waals surface area contributed by atoms with Crippen molar-refractivity contribution in [2.75, 3.05) is 32.8 Å². The molecule has 3 rings (SSSR count). The van der Waals surface area contributed by atoms with Gasteiger partial charge in [0.25, 0.3) is 5.91 Å². The van der Waals surface area contributed by atoms with E-state index in [0.717, 1.165) is 41.3 Å². The molecule has 152 valence electrons. The number of halogens is 3. The number of hydrogen-bond donors (Lipinski definition) is 1. The van der Waals surface area contributed by atoms with Crippen LogP contribution in [-0.2, 0) is 11.3 Å². The lowest BCUT2D eigenvalue weighted by molar-refractivity contribution is -0.142. The molecule has 0 radical (unpaired) electrons. The van der Waals surface area contributed by atoms with E-state index in [-0.39, 0.29) is 11.6 Å². The van der Waals surface area contributed by atoms with E-state index in [1.54, 1.807) is 0 Å². The molecule has 0 spiro atoms. The third-order valence-corrected chi connectivity index (χ3v) is 4.61. The smallest absolute Gasteiger partial charge is 0.379 e. The van der Waals surface area contributed by atoms with Crippen molar-refractivity contribution >= 4 is 5.91 Å². The first kappa shape index (κ1) is 20.3. The van der Waals surface area contributed by atoms with Crippen LogP contribution in [0.5, 0.6) is 0 Å². The maximum atomic E-state index is 12.5. The van der Waals surface area contributed by atoms with Crippen LogP contribution in [0.25, 0.3) is 0 Å². The zero-order valence-corrected chi connectivity index (χ0v) is 15.6. The molecule has 1 fully saturated rings. The van der Waals surface area contributed by atoms with Gasteiger partial charge in [0.05, 0.1) is 31.0 Å². The van der Waals surface area contributed by atoms with Crippen LogP contribution < -0.4 is 5.32 Å². The first-order chi connectivity index (χ1) is 13.3. The van der Waals surface area contributed by atoms with Gasteiger partial charge in [-0.1, -0.05) is 29.8 Å². The highest BCUT2D eigenvalue weighted by Gasteiger charge is 2.29. The molecule has 1 aliphatic rings. The number of aryl methyl sites for hydroxylation is 1. The van der Waals surface area contributed by atoms with Crippen molar-refractivity contribution in [1.82, 2.24) is 20.0 Å². The molecule has 1 atom stereocenters. The second-order valence-corrected chi connectivity index (χ2v) is 6.83. The Hall–Kier alpha value is -2.39. The Bertz CT molecular complexity index is 800. The van der Waals surface area contributed by atoms with Gasteiger partial charge in [-0.05, 0) is 12.5 Å². The number of carbonyl (C=O) groups is 1. The van der Waals surface area contributed by atoms with Crippen LogP contribution in [0.1, 0.15) is 27.5 Å². The molecule has 6 nitrogen and oxygen atoms in total. The first-order valence-corrected chi connectivity index (χ1v) is 9.07. The van der Waals surface area contributed by atoms with E-state index in [9.17, 15) is 18.0 Å². The van der Waals surface area contributed by atoms with Crippen LogP contribution in [-0.4, -0.2) is 59.6 Å². The third kappa shape index (κ3) is 5.56. The summed E-state index contributed by atoms with van der Waals surface area (Å²) in [5, 5.41) is 6.45. The molecule has 9 heteroatoms. The van der Waals surface area contributed by atoms with E-state index < -0.39 is 18.6 Å². The Morgan fingerprint density at radius 1 is 1.32 bits per heavy atom. The number of morpholine rings is 1. The van der Waals surface area contributed by atoms with Crippen LogP contribution in [0.15, 0.2) is 36.7 Å². The van der Waals surface area contributed by atoms with Gasteiger partial charge < -0.3 is 10.1 Å². The Morgan fingerprint density at radius 3 is 2.75 bits per heavy atom. The minimum absolute atomic E-state index is 0.0435. The number of aromatic nitrogens is 2. The minimum Gasteiger partial charge on any atom is -0.379 e. The fourth-order valence-electron chi connectivity index (χ4n) is 3.27. The maximum Gasteiger partial charge on any atom is 0.408 e. The number of carbonyl (C=O) groups excluding carboxylic acids is 1. The molecule has 2 aromatic rings. The molecule has 2 heterocycles. The van der Waals surface area contributed by atoms with Crippen molar-refractivity contribution in [3.05, 3.63) is 53.3 Å². The highest BCUT2D eigenvalue weighted by Crippen LogP contribution is 2.22. The molecule has 0 unspecified atom stereocenters. The number of nitrogens with zero attached hydrogens (tertiary/aromatic N) is 3. The first-order valence-electron chi connectivity index (χ1n) is 9.07. The SMILES string of the molecule is Cc1cccc([C@H](CNC(=O)c2cnn(CC(F)(F)F)c2)N2CCOCC2)c1. The summed E-state index contributed by atoms with van der Waals surface area (Å²) < 4.78 is 43.5. The summed E-state index contributed by atoms with van der Waals surface area (Å²) in [6.45, 7) is 3.87. The molecule has 28 heavy (non-hydrogen) atoms. The summed E-state index contributed by atoms with van der Waals surface area (Å²) in [6, 6.07) is 8.03. The number of rotatable bonds is 6. The number of alkyl halides is 3. The van der Waals surface area contributed by atoms with Crippen LogP contribution in [0, 0.1) is 6.92 Å². The maximum absolute atomic E-state index is 12.5. The normalized spacial score (nSPS) is 16.7. The largest absolute Gasteiger partial charge is 0.408 e. The van der Waals surface area contributed by atoms with E-state index in [2.05, 4.69) is 21.4 Å². The lowest BCUT2D eigenvalue weighted by Gasteiger charge is -2.35. The molecule has 1 aromatic carbocycles. The van der Waals surface area contributed by atoms with Crippen molar-refractivity contribution in [3.63, 3.8) is 0 Å². The zero-order valence-electron chi connectivity index (χ0n) is 15.6. The Balaban J connectivity index is 1.68. The van der Waals surface area contributed by atoms with Crippen LogP contribution in [0.3, 0.4) is 0 Å². The van der Waals surface area contributed by atoms with E-state index in [0.29, 0.717) is 19.8 Å². The van der Waals surface area contributed by atoms with E-state index in [1.807, 2.05) is 25.1 Å². The van der Waals surface area contributed by atoms with Gasteiger partial charge in [-0.15, -0.1) is 0 Å². The van der Waals surface area contributed by atoms with E-state index >= 15 is 0 Å². The van der Waals surface area contributed by atoms with Gasteiger partial charge in [-0.2, -0.15) is 18.3 Å². The molecular formula is C19H23F3N4O2. The van der Waals surface area contributed by atoms with Gasteiger partial charge in [0.2, 0.25) is 0 Å². The molecule has 1 amide bonds. The quantitative estimate of drug-likeness (QED) is 0.815. The number of nitrogens with one attached hydrogen (secondary N) is 1.